The molecule has 0 heterocycles. The molecular formula is C14H31N3O2S. The van der Waals surface area contributed by atoms with Crippen molar-refractivity contribution in [2.45, 2.75) is 52.5 Å². The Labute approximate surface area is 124 Å². The number of nitrogens with zero attached hydrogens (tertiary/aromatic N) is 2. The van der Waals surface area contributed by atoms with Crippen molar-refractivity contribution in [3.63, 3.8) is 0 Å². The maximum absolute atomic E-state index is 12.6. The van der Waals surface area contributed by atoms with Gasteiger partial charge in [0.15, 0.2) is 0 Å². The number of hydrogen-bond donors (Lipinski definition) is 1. The maximum atomic E-state index is 12.6. The number of nitrogens with one attached hydrogen (secondary N) is 1. The summed E-state index contributed by atoms with van der Waals surface area (Å²) in [5, 5.41) is 3.30. The van der Waals surface area contributed by atoms with E-state index in [-0.39, 0.29) is 6.04 Å². The van der Waals surface area contributed by atoms with Crippen LogP contribution in [0.15, 0.2) is 0 Å². The number of rotatable bonds is 11. The van der Waals surface area contributed by atoms with Crippen LogP contribution in [-0.2, 0) is 10.2 Å². The third-order valence-electron chi connectivity index (χ3n) is 3.44. The Hall–Kier alpha value is -0.170. The molecule has 1 aliphatic carbocycles. The summed E-state index contributed by atoms with van der Waals surface area (Å²) in [6, 6.07) is 0.239. The average molecular weight is 305 g/mol. The van der Waals surface area contributed by atoms with Gasteiger partial charge in [-0.05, 0) is 44.7 Å². The third kappa shape index (κ3) is 5.68. The zero-order valence-electron chi connectivity index (χ0n) is 13.4. The van der Waals surface area contributed by atoms with Gasteiger partial charge in [0.25, 0.3) is 10.2 Å². The molecule has 1 N–H and O–H groups in total. The van der Waals surface area contributed by atoms with Crippen molar-refractivity contribution in [1.82, 2.24) is 13.9 Å². The molecule has 0 unspecified atom stereocenters. The van der Waals surface area contributed by atoms with Crippen molar-refractivity contribution in [1.29, 1.82) is 0 Å². The second-order valence-electron chi connectivity index (χ2n) is 6.13. The predicted molar refractivity (Wildman–Crippen MR) is 83.9 cm³/mol. The van der Waals surface area contributed by atoms with Crippen molar-refractivity contribution in [3.8, 4) is 0 Å². The van der Waals surface area contributed by atoms with Gasteiger partial charge in [0.05, 0.1) is 0 Å². The normalized spacial score (nSPS) is 16.6. The second-order valence-corrected chi connectivity index (χ2v) is 8.12. The fourth-order valence-electron chi connectivity index (χ4n) is 2.18. The standard InChI is InChI=1S/C14H31N3O2S/c1-5-9-15-10-6-11-16(4)20(18,19)17(12-13(2)3)14-7-8-14/h13-15H,5-12H2,1-4H3. The van der Waals surface area contributed by atoms with Gasteiger partial charge >= 0.3 is 0 Å². The van der Waals surface area contributed by atoms with E-state index < -0.39 is 10.2 Å². The summed E-state index contributed by atoms with van der Waals surface area (Å²) in [5.41, 5.74) is 0. The van der Waals surface area contributed by atoms with Gasteiger partial charge in [-0.2, -0.15) is 17.0 Å². The van der Waals surface area contributed by atoms with Crippen molar-refractivity contribution in [2.75, 3.05) is 33.2 Å². The SMILES string of the molecule is CCCNCCCN(C)S(=O)(=O)N(CC(C)C)C1CC1. The summed E-state index contributed by atoms with van der Waals surface area (Å²) < 4.78 is 28.4. The molecule has 0 amide bonds. The first-order chi connectivity index (χ1) is 9.39. The highest BCUT2D eigenvalue weighted by Crippen LogP contribution is 2.30. The van der Waals surface area contributed by atoms with Crippen molar-refractivity contribution in [3.05, 3.63) is 0 Å². The largest absolute Gasteiger partial charge is 0.317 e. The van der Waals surface area contributed by atoms with E-state index in [2.05, 4.69) is 26.1 Å². The summed E-state index contributed by atoms with van der Waals surface area (Å²) in [6.45, 7) is 9.35. The second kappa shape index (κ2) is 8.32. The van der Waals surface area contributed by atoms with Crippen LogP contribution in [0.2, 0.25) is 0 Å². The van der Waals surface area contributed by atoms with Crippen LogP contribution in [0, 0.1) is 5.92 Å². The highest BCUT2D eigenvalue weighted by atomic mass is 32.2. The van der Waals surface area contributed by atoms with E-state index in [9.17, 15) is 8.42 Å². The zero-order valence-corrected chi connectivity index (χ0v) is 14.2. The lowest BCUT2D eigenvalue weighted by Gasteiger charge is -2.28. The monoisotopic (exact) mass is 305 g/mol. The Balaban J connectivity index is 2.47. The van der Waals surface area contributed by atoms with Gasteiger partial charge in [-0.1, -0.05) is 20.8 Å². The maximum Gasteiger partial charge on any atom is 0.281 e. The van der Waals surface area contributed by atoms with E-state index in [1.54, 1.807) is 11.4 Å². The first kappa shape index (κ1) is 17.9. The molecule has 1 fully saturated rings. The Morgan fingerprint density at radius 1 is 1.25 bits per heavy atom. The molecule has 20 heavy (non-hydrogen) atoms. The predicted octanol–water partition coefficient (Wildman–Crippen LogP) is 1.67. The first-order valence-corrected chi connectivity index (χ1v) is 9.23. The van der Waals surface area contributed by atoms with Crippen LogP contribution >= 0.6 is 0 Å². The Bertz CT molecular complexity index is 367. The van der Waals surface area contributed by atoms with Gasteiger partial charge in [-0.25, -0.2) is 0 Å². The summed E-state index contributed by atoms with van der Waals surface area (Å²) in [7, 11) is -1.59. The molecule has 0 aromatic carbocycles. The molecule has 0 aliphatic heterocycles. The molecule has 120 valence electrons. The van der Waals surface area contributed by atoms with Gasteiger partial charge < -0.3 is 5.32 Å². The van der Waals surface area contributed by atoms with Crippen LogP contribution in [0.1, 0.15) is 46.5 Å². The summed E-state index contributed by atoms with van der Waals surface area (Å²) in [4.78, 5) is 0. The van der Waals surface area contributed by atoms with Crippen molar-refractivity contribution in [2.24, 2.45) is 5.92 Å². The highest BCUT2D eigenvalue weighted by molar-refractivity contribution is 7.86. The van der Waals surface area contributed by atoms with E-state index in [4.69, 9.17) is 0 Å². The van der Waals surface area contributed by atoms with Gasteiger partial charge in [0.1, 0.15) is 0 Å². The third-order valence-corrected chi connectivity index (χ3v) is 5.45. The topological polar surface area (TPSA) is 52.7 Å². The van der Waals surface area contributed by atoms with E-state index >= 15 is 0 Å². The first-order valence-electron chi connectivity index (χ1n) is 7.83. The Morgan fingerprint density at radius 2 is 1.90 bits per heavy atom. The molecule has 0 bridgehead atoms. The summed E-state index contributed by atoms with van der Waals surface area (Å²) in [5.74, 6) is 0.366. The molecule has 6 heteroatoms. The highest BCUT2D eigenvalue weighted by Gasteiger charge is 2.39. The smallest absolute Gasteiger partial charge is 0.281 e. The van der Waals surface area contributed by atoms with E-state index in [0.29, 0.717) is 19.0 Å². The van der Waals surface area contributed by atoms with Crippen molar-refractivity contribution < 1.29 is 8.42 Å². The van der Waals surface area contributed by atoms with Crippen LogP contribution in [0.5, 0.6) is 0 Å². The summed E-state index contributed by atoms with van der Waals surface area (Å²) >= 11 is 0. The minimum atomic E-state index is -3.29. The van der Waals surface area contributed by atoms with Crippen molar-refractivity contribution >= 4 is 10.2 Å². The molecule has 0 aromatic heterocycles. The fourth-order valence-corrected chi connectivity index (χ4v) is 3.97. The van der Waals surface area contributed by atoms with Crippen LogP contribution < -0.4 is 5.32 Å². The molecule has 0 atom stereocenters. The Kier molecular flexibility index (Phi) is 7.43. The zero-order chi connectivity index (χ0) is 15.2. The van der Waals surface area contributed by atoms with E-state index in [1.165, 1.54) is 4.31 Å². The fraction of sp³-hybridized carbons (Fsp3) is 1.00. The lowest BCUT2D eigenvalue weighted by molar-refractivity contribution is 0.323. The Morgan fingerprint density at radius 3 is 2.40 bits per heavy atom. The van der Waals surface area contributed by atoms with Crippen LogP contribution in [0.4, 0.5) is 0 Å². The minimum Gasteiger partial charge on any atom is -0.317 e. The summed E-state index contributed by atoms with van der Waals surface area (Å²) in [6.07, 6.45) is 3.99. The van der Waals surface area contributed by atoms with Gasteiger partial charge in [-0.15, -0.1) is 0 Å². The quantitative estimate of drug-likeness (QED) is 0.591. The molecule has 5 nitrogen and oxygen atoms in total. The lowest BCUT2D eigenvalue weighted by Crippen LogP contribution is -2.45. The van der Waals surface area contributed by atoms with Crippen LogP contribution in [0.3, 0.4) is 0 Å². The molecule has 0 aromatic rings. The van der Waals surface area contributed by atoms with Crippen LogP contribution in [-0.4, -0.2) is 56.3 Å². The number of hydrogen-bond acceptors (Lipinski definition) is 3. The van der Waals surface area contributed by atoms with E-state index in [0.717, 1.165) is 38.8 Å². The van der Waals surface area contributed by atoms with Crippen LogP contribution in [0.25, 0.3) is 0 Å². The van der Waals surface area contributed by atoms with E-state index in [1.807, 2.05) is 0 Å². The van der Waals surface area contributed by atoms with Gasteiger partial charge in [-0.3, -0.25) is 0 Å². The molecule has 0 spiro atoms. The average Bonchev–Trinajstić information content (AvgIpc) is 3.19. The van der Waals surface area contributed by atoms with Gasteiger partial charge in [0.2, 0.25) is 0 Å². The minimum absolute atomic E-state index is 0.239. The molecule has 1 saturated carbocycles. The molecule has 1 rings (SSSR count). The molecule has 0 radical (unpaired) electrons. The molecule has 1 aliphatic rings. The lowest BCUT2D eigenvalue weighted by atomic mass is 10.2. The molecule has 0 saturated heterocycles. The molecular weight excluding hydrogens is 274 g/mol. The van der Waals surface area contributed by atoms with Gasteiger partial charge in [0, 0.05) is 26.2 Å².